The highest BCUT2D eigenvalue weighted by atomic mass is 35.5. The number of carbonyl (C=O) groups excluding carboxylic acids is 1. The van der Waals surface area contributed by atoms with Crippen LogP contribution in [-0.2, 0) is 11.8 Å². The van der Waals surface area contributed by atoms with Gasteiger partial charge in [0.25, 0.3) is 11.5 Å². The second-order valence-electron chi connectivity index (χ2n) is 8.24. The average molecular weight is 498 g/mol. The number of hydrogen-bond donors (Lipinski definition) is 2. The lowest BCUT2D eigenvalue weighted by molar-refractivity contribution is 0.0383. The van der Waals surface area contributed by atoms with Crippen molar-refractivity contribution in [2.75, 3.05) is 44.7 Å². The second-order valence-corrected chi connectivity index (χ2v) is 8.65. The molecule has 2 aromatic carbocycles. The molecule has 1 aliphatic rings. The van der Waals surface area contributed by atoms with Crippen molar-refractivity contribution in [2.45, 2.75) is 6.92 Å². The molecule has 2 N–H and O–H groups in total. The molecule has 0 radical (unpaired) electrons. The van der Waals surface area contributed by atoms with Gasteiger partial charge in [0.2, 0.25) is 0 Å². The molecule has 1 aromatic heterocycles. The van der Waals surface area contributed by atoms with Crippen LogP contribution in [0, 0.1) is 6.92 Å². The van der Waals surface area contributed by atoms with Crippen molar-refractivity contribution >= 4 is 28.9 Å². The third-order valence-corrected chi connectivity index (χ3v) is 6.10. The van der Waals surface area contributed by atoms with Crippen LogP contribution in [0.25, 0.3) is 0 Å². The SMILES string of the molecule is Cc1cc(Oc2cnn(C)c(=O)c2Nc2cccc(C(=O)NCCN3CCOCC3)c2)ccc1Cl. The molecule has 1 saturated heterocycles. The van der Waals surface area contributed by atoms with Crippen LogP contribution in [-0.4, -0.2) is 60.0 Å². The highest BCUT2D eigenvalue weighted by Gasteiger charge is 2.15. The fourth-order valence-corrected chi connectivity index (χ4v) is 3.78. The van der Waals surface area contributed by atoms with Gasteiger partial charge in [-0.1, -0.05) is 17.7 Å². The van der Waals surface area contributed by atoms with Crippen molar-refractivity contribution in [3.63, 3.8) is 0 Å². The summed E-state index contributed by atoms with van der Waals surface area (Å²) in [4.78, 5) is 27.8. The average Bonchev–Trinajstić information content (AvgIpc) is 2.86. The highest BCUT2D eigenvalue weighted by Crippen LogP contribution is 2.30. The van der Waals surface area contributed by atoms with Crippen LogP contribution < -0.4 is 20.9 Å². The van der Waals surface area contributed by atoms with Crippen LogP contribution in [0.4, 0.5) is 11.4 Å². The van der Waals surface area contributed by atoms with E-state index in [1.54, 1.807) is 49.5 Å². The maximum absolute atomic E-state index is 12.9. The molecule has 9 nitrogen and oxygen atoms in total. The van der Waals surface area contributed by atoms with E-state index in [9.17, 15) is 9.59 Å². The number of anilines is 2. The molecule has 184 valence electrons. The molecule has 10 heteroatoms. The minimum Gasteiger partial charge on any atom is -0.453 e. The van der Waals surface area contributed by atoms with Crippen LogP contribution in [0.15, 0.2) is 53.5 Å². The van der Waals surface area contributed by atoms with Gasteiger partial charge in [-0.25, -0.2) is 4.68 Å². The molecule has 4 rings (SSSR count). The van der Waals surface area contributed by atoms with E-state index < -0.39 is 0 Å². The Morgan fingerprint density at radius 2 is 2.00 bits per heavy atom. The first-order valence-electron chi connectivity index (χ1n) is 11.4. The van der Waals surface area contributed by atoms with Crippen molar-refractivity contribution < 1.29 is 14.3 Å². The molecular formula is C25H28ClN5O4. The number of amides is 1. The summed E-state index contributed by atoms with van der Waals surface area (Å²) in [6.07, 6.45) is 1.47. The summed E-state index contributed by atoms with van der Waals surface area (Å²) in [5, 5.41) is 10.8. The van der Waals surface area contributed by atoms with E-state index in [1.807, 2.05) is 6.92 Å². The molecule has 0 atom stereocenters. The van der Waals surface area contributed by atoms with Crippen molar-refractivity contribution in [3.8, 4) is 11.5 Å². The lowest BCUT2D eigenvalue weighted by Gasteiger charge is -2.26. The lowest BCUT2D eigenvalue weighted by Crippen LogP contribution is -2.41. The molecule has 1 aliphatic heterocycles. The van der Waals surface area contributed by atoms with Gasteiger partial charge in [0.05, 0.1) is 19.4 Å². The van der Waals surface area contributed by atoms with Gasteiger partial charge < -0.3 is 20.1 Å². The van der Waals surface area contributed by atoms with E-state index >= 15 is 0 Å². The Bertz CT molecular complexity index is 1260. The van der Waals surface area contributed by atoms with Crippen molar-refractivity contribution in [1.29, 1.82) is 0 Å². The summed E-state index contributed by atoms with van der Waals surface area (Å²) >= 11 is 6.11. The number of carbonyl (C=O) groups is 1. The monoisotopic (exact) mass is 497 g/mol. The smallest absolute Gasteiger partial charge is 0.294 e. The van der Waals surface area contributed by atoms with Crippen molar-refractivity contribution in [3.05, 3.63) is 75.2 Å². The summed E-state index contributed by atoms with van der Waals surface area (Å²) < 4.78 is 12.5. The Kier molecular flexibility index (Phi) is 8.02. The van der Waals surface area contributed by atoms with E-state index in [1.165, 1.54) is 10.9 Å². The standard InChI is InChI=1S/C25H28ClN5O4/c1-17-14-20(6-7-21(17)26)35-22-16-28-30(2)25(33)23(22)29-19-5-3-4-18(15-19)24(32)27-8-9-31-10-12-34-13-11-31/h3-7,14-16,29H,8-13H2,1-2H3,(H,27,32). The maximum atomic E-state index is 12.9. The first-order valence-corrected chi connectivity index (χ1v) is 11.7. The van der Waals surface area contributed by atoms with Crippen molar-refractivity contribution in [2.24, 2.45) is 7.05 Å². The minimum atomic E-state index is -0.367. The molecule has 2 heterocycles. The zero-order valence-corrected chi connectivity index (χ0v) is 20.5. The van der Waals surface area contributed by atoms with Crippen LogP contribution in [0.5, 0.6) is 11.5 Å². The molecule has 0 spiro atoms. The molecule has 3 aromatic rings. The normalized spacial score (nSPS) is 13.9. The third kappa shape index (κ3) is 6.39. The number of aryl methyl sites for hydroxylation is 2. The number of halogens is 1. The number of hydrogen-bond acceptors (Lipinski definition) is 7. The summed E-state index contributed by atoms with van der Waals surface area (Å²) in [7, 11) is 1.56. The Hall–Kier alpha value is -3.40. The molecule has 1 fully saturated rings. The molecule has 0 unspecified atom stereocenters. The fraction of sp³-hybridized carbons (Fsp3) is 0.320. The van der Waals surface area contributed by atoms with Gasteiger partial charge in [0, 0.05) is 49.5 Å². The minimum absolute atomic E-state index is 0.183. The summed E-state index contributed by atoms with van der Waals surface area (Å²) in [5.41, 5.74) is 1.75. The first-order chi connectivity index (χ1) is 16.9. The fourth-order valence-electron chi connectivity index (χ4n) is 3.66. The van der Waals surface area contributed by atoms with Gasteiger partial charge in [-0.15, -0.1) is 0 Å². The number of benzene rings is 2. The number of morpholine rings is 1. The number of nitrogens with zero attached hydrogens (tertiary/aromatic N) is 3. The highest BCUT2D eigenvalue weighted by molar-refractivity contribution is 6.31. The quantitative estimate of drug-likeness (QED) is 0.492. The molecule has 0 bridgehead atoms. The largest absolute Gasteiger partial charge is 0.453 e. The molecule has 0 aliphatic carbocycles. The Morgan fingerprint density at radius 3 is 2.77 bits per heavy atom. The van der Waals surface area contributed by atoms with Gasteiger partial charge in [-0.3, -0.25) is 14.5 Å². The number of aromatic nitrogens is 2. The Morgan fingerprint density at radius 1 is 1.20 bits per heavy atom. The number of ether oxygens (including phenoxy) is 2. The molecule has 35 heavy (non-hydrogen) atoms. The predicted octanol–water partition coefficient (Wildman–Crippen LogP) is 3.34. The van der Waals surface area contributed by atoms with Gasteiger partial charge >= 0.3 is 0 Å². The van der Waals surface area contributed by atoms with Crippen LogP contribution in [0.1, 0.15) is 15.9 Å². The van der Waals surface area contributed by atoms with E-state index in [4.69, 9.17) is 21.1 Å². The van der Waals surface area contributed by atoms with Gasteiger partial charge in [0.1, 0.15) is 5.75 Å². The zero-order valence-electron chi connectivity index (χ0n) is 19.7. The third-order valence-electron chi connectivity index (χ3n) is 5.67. The summed E-state index contributed by atoms with van der Waals surface area (Å²) in [5.74, 6) is 0.603. The van der Waals surface area contributed by atoms with E-state index in [2.05, 4.69) is 20.6 Å². The van der Waals surface area contributed by atoms with Gasteiger partial charge in [-0.05, 0) is 48.9 Å². The van der Waals surface area contributed by atoms with E-state index in [0.717, 1.165) is 38.4 Å². The van der Waals surface area contributed by atoms with E-state index in [-0.39, 0.29) is 22.9 Å². The van der Waals surface area contributed by atoms with Crippen LogP contribution >= 0.6 is 11.6 Å². The second kappa shape index (κ2) is 11.4. The summed E-state index contributed by atoms with van der Waals surface area (Å²) in [6, 6.07) is 12.2. The number of rotatable bonds is 8. The lowest BCUT2D eigenvalue weighted by atomic mass is 10.2. The predicted molar refractivity (Wildman–Crippen MR) is 135 cm³/mol. The van der Waals surface area contributed by atoms with Crippen molar-refractivity contribution in [1.82, 2.24) is 20.0 Å². The Balaban J connectivity index is 1.48. The topological polar surface area (TPSA) is 97.7 Å². The van der Waals surface area contributed by atoms with Gasteiger partial charge in [0.15, 0.2) is 11.4 Å². The number of nitrogens with one attached hydrogen (secondary N) is 2. The van der Waals surface area contributed by atoms with Crippen LogP contribution in [0.3, 0.4) is 0 Å². The Labute approximate surface area is 208 Å². The molecule has 0 saturated carbocycles. The summed E-state index contributed by atoms with van der Waals surface area (Å²) in [6.45, 7) is 6.37. The van der Waals surface area contributed by atoms with E-state index in [0.29, 0.717) is 28.6 Å². The maximum Gasteiger partial charge on any atom is 0.294 e. The molecule has 1 amide bonds. The van der Waals surface area contributed by atoms with Gasteiger partial charge in [-0.2, -0.15) is 5.10 Å². The zero-order chi connectivity index (χ0) is 24.8. The molecular weight excluding hydrogens is 470 g/mol. The first kappa shape index (κ1) is 24.7. The van der Waals surface area contributed by atoms with Crippen LogP contribution in [0.2, 0.25) is 5.02 Å².